The van der Waals surface area contributed by atoms with Crippen LogP contribution in [0.1, 0.15) is 40.1 Å². The van der Waals surface area contributed by atoms with Crippen LogP contribution in [0, 0.1) is 6.92 Å². The van der Waals surface area contributed by atoms with Gasteiger partial charge in [0, 0.05) is 29.9 Å². The van der Waals surface area contributed by atoms with Crippen molar-refractivity contribution in [2.45, 2.75) is 20.8 Å². The molecule has 6 heteroatoms. The molecular formula is C20H23N3O2S. The molecule has 0 aliphatic carbocycles. The summed E-state index contributed by atoms with van der Waals surface area (Å²) in [4.78, 5) is 26.5. The summed E-state index contributed by atoms with van der Waals surface area (Å²) in [5, 5.41) is 5.81. The van der Waals surface area contributed by atoms with Crippen molar-refractivity contribution < 1.29 is 9.59 Å². The molecule has 0 saturated carbocycles. The standard InChI is InChI=1S/C20H23N3O2S/c1-4-23(5-2)19(25)15-10-8-11-16(13-15)21-20(26)22-18(24)17-12-7-6-9-14(17)3/h6-13H,4-5H2,1-3H3,(H2,21,22,24,26). The molecule has 0 unspecified atom stereocenters. The van der Waals surface area contributed by atoms with Crippen LogP contribution in [-0.4, -0.2) is 34.9 Å². The number of carbonyl (C=O) groups excluding carboxylic acids is 2. The lowest BCUT2D eigenvalue weighted by Crippen LogP contribution is -2.34. The van der Waals surface area contributed by atoms with E-state index in [1.807, 2.05) is 32.9 Å². The maximum absolute atomic E-state index is 12.4. The number of anilines is 1. The monoisotopic (exact) mass is 369 g/mol. The second kappa shape index (κ2) is 9.10. The number of benzene rings is 2. The Hall–Kier alpha value is -2.73. The summed E-state index contributed by atoms with van der Waals surface area (Å²) in [6.45, 7) is 7.06. The van der Waals surface area contributed by atoms with Gasteiger partial charge < -0.3 is 10.2 Å². The lowest BCUT2D eigenvalue weighted by Gasteiger charge is -2.19. The number of carbonyl (C=O) groups is 2. The van der Waals surface area contributed by atoms with Gasteiger partial charge in [-0.15, -0.1) is 0 Å². The first-order chi connectivity index (χ1) is 12.5. The largest absolute Gasteiger partial charge is 0.339 e. The predicted molar refractivity (Wildman–Crippen MR) is 109 cm³/mol. The van der Waals surface area contributed by atoms with Gasteiger partial charge in [-0.25, -0.2) is 0 Å². The van der Waals surface area contributed by atoms with Gasteiger partial charge in [0.05, 0.1) is 0 Å². The number of rotatable bonds is 5. The molecule has 0 aliphatic heterocycles. The zero-order chi connectivity index (χ0) is 19.1. The van der Waals surface area contributed by atoms with Crippen LogP contribution in [0.2, 0.25) is 0 Å². The third-order valence-corrected chi connectivity index (χ3v) is 4.24. The number of aryl methyl sites for hydroxylation is 1. The van der Waals surface area contributed by atoms with Crippen LogP contribution in [0.4, 0.5) is 5.69 Å². The van der Waals surface area contributed by atoms with Gasteiger partial charge >= 0.3 is 0 Å². The summed E-state index contributed by atoms with van der Waals surface area (Å²) in [6.07, 6.45) is 0. The van der Waals surface area contributed by atoms with E-state index in [4.69, 9.17) is 12.2 Å². The van der Waals surface area contributed by atoms with E-state index in [0.717, 1.165) is 5.56 Å². The van der Waals surface area contributed by atoms with Crippen molar-refractivity contribution >= 4 is 34.8 Å². The first-order valence-corrected chi connectivity index (χ1v) is 8.94. The summed E-state index contributed by atoms with van der Waals surface area (Å²) in [6, 6.07) is 14.4. The molecule has 0 radical (unpaired) electrons. The van der Waals surface area contributed by atoms with Gasteiger partial charge in [-0.2, -0.15) is 0 Å². The molecule has 2 aromatic carbocycles. The fourth-order valence-corrected chi connectivity index (χ4v) is 2.79. The predicted octanol–water partition coefficient (Wildman–Crippen LogP) is 3.60. The molecule has 0 saturated heterocycles. The Morgan fingerprint density at radius 3 is 2.38 bits per heavy atom. The smallest absolute Gasteiger partial charge is 0.257 e. The fraction of sp³-hybridized carbons (Fsp3) is 0.250. The minimum atomic E-state index is -0.268. The Labute approximate surface area is 159 Å². The Morgan fingerprint density at radius 1 is 1.04 bits per heavy atom. The van der Waals surface area contributed by atoms with Crippen molar-refractivity contribution in [3.05, 3.63) is 65.2 Å². The summed E-state index contributed by atoms with van der Waals surface area (Å²) in [5.74, 6) is -0.301. The minimum absolute atomic E-state index is 0.0338. The van der Waals surface area contributed by atoms with Gasteiger partial charge in [-0.05, 0) is 62.8 Å². The molecule has 2 aromatic rings. The third-order valence-electron chi connectivity index (χ3n) is 4.03. The molecular weight excluding hydrogens is 346 g/mol. The summed E-state index contributed by atoms with van der Waals surface area (Å²) < 4.78 is 0. The van der Waals surface area contributed by atoms with Crippen molar-refractivity contribution in [1.82, 2.24) is 10.2 Å². The molecule has 136 valence electrons. The number of amides is 2. The van der Waals surface area contributed by atoms with Crippen LogP contribution in [0.25, 0.3) is 0 Å². The van der Waals surface area contributed by atoms with E-state index < -0.39 is 0 Å². The van der Waals surface area contributed by atoms with Crippen molar-refractivity contribution in [2.75, 3.05) is 18.4 Å². The molecule has 2 amide bonds. The van der Waals surface area contributed by atoms with E-state index >= 15 is 0 Å². The zero-order valence-electron chi connectivity index (χ0n) is 15.2. The van der Waals surface area contributed by atoms with Crippen LogP contribution in [0.3, 0.4) is 0 Å². The first kappa shape index (κ1) is 19.6. The number of nitrogens with zero attached hydrogens (tertiary/aromatic N) is 1. The lowest BCUT2D eigenvalue weighted by molar-refractivity contribution is 0.0772. The number of nitrogens with one attached hydrogen (secondary N) is 2. The van der Waals surface area contributed by atoms with E-state index in [1.54, 1.807) is 41.3 Å². The summed E-state index contributed by atoms with van der Waals surface area (Å²) in [5.41, 5.74) is 2.67. The van der Waals surface area contributed by atoms with Gasteiger partial charge in [0.1, 0.15) is 0 Å². The maximum atomic E-state index is 12.4. The van der Waals surface area contributed by atoms with E-state index in [1.165, 1.54) is 0 Å². The van der Waals surface area contributed by atoms with Crippen LogP contribution < -0.4 is 10.6 Å². The van der Waals surface area contributed by atoms with Crippen molar-refractivity contribution in [3.63, 3.8) is 0 Å². The van der Waals surface area contributed by atoms with Crippen LogP contribution in [0.5, 0.6) is 0 Å². The van der Waals surface area contributed by atoms with Crippen LogP contribution >= 0.6 is 12.2 Å². The summed E-state index contributed by atoms with van der Waals surface area (Å²) >= 11 is 5.22. The minimum Gasteiger partial charge on any atom is -0.339 e. The van der Waals surface area contributed by atoms with Gasteiger partial charge in [0.2, 0.25) is 0 Å². The zero-order valence-corrected chi connectivity index (χ0v) is 16.0. The average molecular weight is 369 g/mol. The Balaban J connectivity index is 2.05. The Morgan fingerprint density at radius 2 is 1.73 bits per heavy atom. The maximum Gasteiger partial charge on any atom is 0.257 e. The quantitative estimate of drug-likeness (QED) is 0.791. The molecule has 0 bridgehead atoms. The Kier molecular flexibility index (Phi) is 6.86. The normalized spacial score (nSPS) is 10.1. The highest BCUT2D eigenvalue weighted by Crippen LogP contribution is 2.13. The molecule has 0 aliphatic rings. The highest BCUT2D eigenvalue weighted by molar-refractivity contribution is 7.80. The van der Waals surface area contributed by atoms with E-state index in [9.17, 15) is 9.59 Å². The van der Waals surface area contributed by atoms with Gasteiger partial charge in [0.15, 0.2) is 5.11 Å². The van der Waals surface area contributed by atoms with Crippen LogP contribution in [0.15, 0.2) is 48.5 Å². The van der Waals surface area contributed by atoms with E-state index in [0.29, 0.717) is 29.9 Å². The van der Waals surface area contributed by atoms with E-state index in [2.05, 4.69) is 10.6 Å². The molecule has 0 spiro atoms. The molecule has 0 fully saturated rings. The van der Waals surface area contributed by atoms with Crippen LogP contribution in [-0.2, 0) is 0 Å². The molecule has 0 atom stereocenters. The molecule has 0 heterocycles. The number of hydrogen-bond acceptors (Lipinski definition) is 3. The molecule has 0 aromatic heterocycles. The highest BCUT2D eigenvalue weighted by Gasteiger charge is 2.14. The van der Waals surface area contributed by atoms with Crippen molar-refractivity contribution in [2.24, 2.45) is 0 Å². The Bertz CT molecular complexity index is 816. The number of hydrogen-bond donors (Lipinski definition) is 2. The van der Waals surface area contributed by atoms with Gasteiger partial charge in [-0.3, -0.25) is 14.9 Å². The molecule has 26 heavy (non-hydrogen) atoms. The van der Waals surface area contributed by atoms with Crippen molar-refractivity contribution in [3.8, 4) is 0 Å². The van der Waals surface area contributed by atoms with E-state index in [-0.39, 0.29) is 16.9 Å². The van der Waals surface area contributed by atoms with Gasteiger partial charge in [0.25, 0.3) is 11.8 Å². The lowest BCUT2D eigenvalue weighted by atomic mass is 10.1. The highest BCUT2D eigenvalue weighted by atomic mass is 32.1. The molecule has 2 rings (SSSR count). The summed E-state index contributed by atoms with van der Waals surface area (Å²) in [7, 11) is 0. The van der Waals surface area contributed by atoms with Gasteiger partial charge in [-0.1, -0.05) is 24.3 Å². The average Bonchev–Trinajstić information content (AvgIpc) is 2.63. The van der Waals surface area contributed by atoms with Crippen molar-refractivity contribution in [1.29, 1.82) is 0 Å². The first-order valence-electron chi connectivity index (χ1n) is 8.53. The fourth-order valence-electron chi connectivity index (χ4n) is 2.58. The molecule has 5 nitrogen and oxygen atoms in total. The SMILES string of the molecule is CCN(CC)C(=O)c1cccc(NC(=S)NC(=O)c2ccccc2C)c1. The third kappa shape index (κ3) is 4.89. The molecule has 2 N–H and O–H groups in total. The second-order valence-corrected chi connectivity index (χ2v) is 6.19. The second-order valence-electron chi connectivity index (χ2n) is 5.78. The number of thiocarbonyl (C=S) groups is 1. The topological polar surface area (TPSA) is 61.4 Å².